The zero-order valence-electron chi connectivity index (χ0n) is 17.0. The third kappa shape index (κ3) is 4.29. The number of amides is 3. The van der Waals surface area contributed by atoms with Crippen LogP contribution >= 0.6 is 0 Å². The summed E-state index contributed by atoms with van der Waals surface area (Å²) < 4.78 is 5.42. The van der Waals surface area contributed by atoms with Crippen molar-refractivity contribution in [3.63, 3.8) is 0 Å². The Labute approximate surface area is 171 Å². The van der Waals surface area contributed by atoms with Gasteiger partial charge < -0.3 is 19.9 Å². The molecule has 3 amide bonds. The molecule has 0 bridgehead atoms. The van der Waals surface area contributed by atoms with Crippen LogP contribution in [0, 0.1) is 5.92 Å². The fraction of sp³-hybridized carbons (Fsp3) is 0.591. The highest BCUT2D eigenvalue weighted by atomic mass is 16.5. The quantitative estimate of drug-likeness (QED) is 0.836. The Hall–Kier alpha value is -2.41. The molecule has 0 saturated carbocycles. The van der Waals surface area contributed by atoms with E-state index in [2.05, 4.69) is 5.32 Å². The van der Waals surface area contributed by atoms with Crippen LogP contribution in [0.4, 0.5) is 0 Å². The lowest BCUT2D eigenvalue weighted by Gasteiger charge is -2.38. The van der Waals surface area contributed by atoms with Crippen molar-refractivity contribution in [2.75, 3.05) is 26.2 Å². The Morgan fingerprint density at radius 3 is 2.83 bits per heavy atom. The van der Waals surface area contributed by atoms with Gasteiger partial charge in [0.25, 0.3) is 5.91 Å². The molecule has 3 heterocycles. The average molecular weight is 399 g/mol. The van der Waals surface area contributed by atoms with E-state index in [0.29, 0.717) is 51.3 Å². The zero-order chi connectivity index (χ0) is 20.4. The Kier molecular flexibility index (Phi) is 5.85. The summed E-state index contributed by atoms with van der Waals surface area (Å²) in [6, 6.07) is 5.66. The summed E-state index contributed by atoms with van der Waals surface area (Å²) in [6.45, 7) is 5.53. The van der Waals surface area contributed by atoms with Crippen LogP contribution in [0.3, 0.4) is 0 Å². The maximum Gasteiger partial charge on any atom is 0.251 e. The Bertz CT molecular complexity index is 809. The second-order valence-electron chi connectivity index (χ2n) is 8.24. The molecule has 0 aromatic heterocycles. The lowest BCUT2D eigenvalue weighted by molar-refractivity contribution is -0.143. The molecule has 1 N–H and O–H groups in total. The van der Waals surface area contributed by atoms with E-state index in [1.54, 1.807) is 4.90 Å². The van der Waals surface area contributed by atoms with Crippen molar-refractivity contribution in [1.82, 2.24) is 15.1 Å². The molecular weight excluding hydrogens is 370 g/mol. The van der Waals surface area contributed by atoms with Crippen LogP contribution < -0.4 is 5.32 Å². The lowest BCUT2D eigenvalue weighted by Crippen LogP contribution is -2.53. The van der Waals surface area contributed by atoms with E-state index >= 15 is 0 Å². The van der Waals surface area contributed by atoms with E-state index in [4.69, 9.17) is 4.74 Å². The molecule has 2 fully saturated rings. The third-order valence-electron chi connectivity index (χ3n) is 6.28. The first-order valence-electron chi connectivity index (χ1n) is 10.6. The third-order valence-corrected chi connectivity index (χ3v) is 6.28. The highest BCUT2D eigenvalue weighted by Gasteiger charge is 2.34. The number of carbonyl (C=O) groups excluding carboxylic acids is 3. The fourth-order valence-corrected chi connectivity index (χ4v) is 4.56. The number of hydrogen-bond donors (Lipinski definition) is 1. The summed E-state index contributed by atoms with van der Waals surface area (Å²) in [5.41, 5.74) is 2.86. The predicted molar refractivity (Wildman–Crippen MR) is 107 cm³/mol. The zero-order valence-corrected chi connectivity index (χ0v) is 17.0. The number of carbonyl (C=O) groups is 3. The number of benzene rings is 1. The largest absolute Gasteiger partial charge is 0.372 e. The SMILES string of the molecule is CCN1CC(C(=O)N2CCC[C@H](NC(=O)c3ccc4c(c3)COC4)C2)CCC1=O. The summed E-state index contributed by atoms with van der Waals surface area (Å²) in [6.07, 6.45) is 2.81. The molecule has 29 heavy (non-hydrogen) atoms. The molecule has 2 atom stereocenters. The van der Waals surface area contributed by atoms with Crippen LogP contribution in [-0.4, -0.2) is 59.7 Å². The van der Waals surface area contributed by atoms with Gasteiger partial charge in [-0.05, 0) is 49.4 Å². The summed E-state index contributed by atoms with van der Waals surface area (Å²) in [5, 5.41) is 3.10. The number of ether oxygens (including phenoxy) is 1. The molecule has 0 radical (unpaired) electrons. The highest BCUT2D eigenvalue weighted by Crippen LogP contribution is 2.23. The van der Waals surface area contributed by atoms with Gasteiger partial charge in [0.15, 0.2) is 0 Å². The van der Waals surface area contributed by atoms with E-state index in [0.717, 1.165) is 30.5 Å². The molecule has 0 aliphatic carbocycles. The van der Waals surface area contributed by atoms with Crippen molar-refractivity contribution < 1.29 is 19.1 Å². The van der Waals surface area contributed by atoms with Gasteiger partial charge in [0.1, 0.15) is 0 Å². The van der Waals surface area contributed by atoms with Gasteiger partial charge in [-0.2, -0.15) is 0 Å². The monoisotopic (exact) mass is 399 g/mol. The maximum absolute atomic E-state index is 13.0. The minimum Gasteiger partial charge on any atom is -0.372 e. The first-order valence-corrected chi connectivity index (χ1v) is 10.6. The maximum atomic E-state index is 13.0. The topological polar surface area (TPSA) is 79.0 Å². The van der Waals surface area contributed by atoms with Crippen molar-refractivity contribution in [3.05, 3.63) is 34.9 Å². The Balaban J connectivity index is 1.35. The van der Waals surface area contributed by atoms with Crippen molar-refractivity contribution in [3.8, 4) is 0 Å². The molecule has 1 aromatic carbocycles. The van der Waals surface area contributed by atoms with Crippen molar-refractivity contribution in [2.45, 2.75) is 51.9 Å². The van der Waals surface area contributed by atoms with Crippen LogP contribution in [0.15, 0.2) is 18.2 Å². The van der Waals surface area contributed by atoms with Crippen LogP contribution in [0.1, 0.15) is 54.1 Å². The predicted octanol–water partition coefficient (Wildman–Crippen LogP) is 1.70. The van der Waals surface area contributed by atoms with E-state index in [1.165, 1.54) is 0 Å². The second kappa shape index (κ2) is 8.53. The number of piperidine rings is 2. The molecule has 4 rings (SSSR count). The number of nitrogens with zero attached hydrogens (tertiary/aromatic N) is 2. The number of likely N-dealkylation sites (tertiary alicyclic amines) is 2. The smallest absolute Gasteiger partial charge is 0.251 e. The Morgan fingerprint density at radius 2 is 2.00 bits per heavy atom. The number of rotatable bonds is 4. The lowest BCUT2D eigenvalue weighted by atomic mass is 9.94. The molecule has 3 aliphatic rings. The van der Waals surface area contributed by atoms with Crippen LogP contribution in [-0.2, 0) is 27.5 Å². The molecule has 156 valence electrons. The summed E-state index contributed by atoms with van der Waals surface area (Å²) in [4.78, 5) is 41.3. The number of hydrogen-bond acceptors (Lipinski definition) is 4. The fourth-order valence-electron chi connectivity index (χ4n) is 4.56. The highest BCUT2D eigenvalue weighted by molar-refractivity contribution is 5.94. The second-order valence-corrected chi connectivity index (χ2v) is 8.24. The van der Waals surface area contributed by atoms with Crippen LogP contribution in [0.5, 0.6) is 0 Å². The standard InChI is InChI=1S/C22H29N3O4/c1-2-24-11-16(7-8-20(24)26)22(28)25-9-3-4-19(12-25)23-21(27)15-5-6-17-13-29-14-18(17)10-15/h5-6,10,16,19H,2-4,7-9,11-14H2,1H3,(H,23,27)/t16?,19-/m0/s1. The van der Waals surface area contributed by atoms with Gasteiger partial charge in [-0.25, -0.2) is 0 Å². The summed E-state index contributed by atoms with van der Waals surface area (Å²) in [7, 11) is 0. The molecule has 3 aliphatic heterocycles. The van der Waals surface area contributed by atoms with Gasteiger partial charge in [0, 0.05) is 44.2 Å². The first kappa shape index (κ1) is 19.9. The minimum absolute atomic E-state index is 0.0443. The van der Waals surface area contributed by atoms with Gasteiger partial charge in [-0.15, -0.1) is 0 Å². The van der Waals surface area contributed by atoms with Crippen molar-refractivity contribution >= 4 is 17.7 Å². The van der Waals surface area contributed by atoms with E-state index in [-0.39, 0.29) is 29.7 Å². The van der Waals surface area contributed by atoms with Gasteiger partial charge >= 0.3 is 0 Å². The molecule has 1 aromatic rings. The minimum atomic E-state index is -0.126. The molecular formula is C22H29N3O4. The van der Waals surface area contributed by atoms with Crippen LogP contribution in [0.2, 0.25) is 0 Å². The van der Waals surface area contributed by atoms with Gasteiger partial charge in [-0.3, -0.25) is 14.4 Å². The normalized spacial score (nSPS) is 24.4. The van der Waals surface area contributed by atoms with Crippen molar-refractivity contribution in [1.29, 1.82) is 0 Å². The summed E-state index contributed by atoms with van der Waals surface area (Å²) in [5.74, 6) is 0.0305. The molecule has 0 spiro atoms. The summed E-state index contributed by atoms with van der Waals surface area (Å²) >= 11 is 0. The molecule has 1 unspecified atom stereocenters. The molecule has 7 heteroatoms. The van der Waals surface area contributed by atoms with Gasteiger partial charge in [0.05, 0.1) is 19.1 Å². The average Bonchev–Trinajstić information content (AvgIpc) is 3.21. The Morgan fingerprint density at radius 1 is 1.17 bits per heavy atom. The van der Waals surface area contributed by atoms with Crippen molar-refractivity contribution in [2.24, 2.45) is 5.92 Å². The van der Waals surface area contributed by atoms with Gasteiger partial charge in [-0.1, -0.05) is 6.07 Å². The molecule has 2 saturated heterocycles. The van der Waals surface area contributed by atoms with Gasteiger partial charge in [0.2, 0.25) is 11.8 Å². The van der Waals surface area contributed by atoms with E-state index in [1.807, 2.05) is 30.0 Å². The molecule has 7 nitrogen and oxygen atoms in total. The number of nitrogens with one attached hydrogen (secondary N) is 1. The number of fused-ring (bicyclic) bond motifs is 1. The van der Waals surface area contributed by atoms with E-state index < -0.39 is 0 Å². The first-order chi connectivity index (χ1) is 14.0. The van der Waals surface area contributed by atoms with Crippen LogP contribution in [0.25, 0.3) is 0 Å². The van der Waals surface area contributed by atoms with E-state index in [9.17, 15) is 14.4 Å².